The third-order valence-corrected chi connectivity index (χ3v) is 6.00. The monoisotopic (exact) mass is 474 g/mol. The second-order valence-electron chi connectivity index (χ2n) is 9.77. The number of carbonyl (C=O) groups is 2. The van der Waals surface area contributed by atoms with Gasteiger partial charge in [0.1, 0.15) is 16.9 Å². The number of ketones is 2. The predicted octanol–water partition coefficient (Wildman–Crippen LogP) is 7.65. The quantitative estimate of drug-likeness (QED) is 0.173. The zero-order valence-corrected chi connectivity index (χ0v) is 22.1. The number of benzene rings is 1. The summed E-state index contributed by atoms with van der Waals surface area (Å²) in [5.41, 5.74) is 3.46. The number of carbonyl (C=O) groups excluding carboxylic acids is 2. The molecule has 1 aromatic carbocycles. The van der Waals surface area contributed by atoms with E-state index in [-0.39, 0.29) is 22.9 Å². The zero-order valence-electron chi connectivity index (χ0n) is 22.1. The first-order chi connectivity index (χ1) is 16.5. The van der Waals surface area contributed by atoms with Gasteiger partial charge in [0.05, 0.1) is 12.7 Å². The fraction of sp³-hybridized carbons (Fsp3) is 0.355. The van der Waals surface area contributed by atoms with Crippen LogP contribution in [0.25, 0.3) is 6.08 Å². The summed E-state index contributed by atoms with van der Waals surface area (Å²) in [7, 11) is 1.60. The minimum atomic E-state index is -1.27. The lowest BCUT2D eigenvalue weighted by Crippen LogP contribution is -2.43. The number of aliphatic hydroxyl groups is 1. The zero-order chi connectivity index (χ0) is 26.2. The molecule has 186 valence electrons. The topological polar surface area (TPSA) is 63.6 Å². The Hall–Kier alpha value is -3.40. The molecule has 1 N–H and O–H groups in total. The summed E-state index contributed by atoms with van der Waals surface area (Å²) in [6.45, 7) is 11.8. The SMILES string of the molecule is COc1ccc(/C=C/C(O)=C2/C=C(CC=C(C)C)C(=O)C(CC=C(C)C)(CC=C(C)C)C2=O)cc1. The first-order valence-corrected chi connectivity index (χ1v) is 12.0. The highest BCUT2D eigenvalue weighted by molar-refractivity contribution is 6.24. The summed E-state index contributed by atoms with van der Waals surface area (Å²) in [5, 5.41) is 11.0. The van der Waals surface area contributed by atoms with Crippen LogP contribution >= 0.6 is 0 Å². The van der Waals surface area contributed by atoms with Gasteiger partial charge in [-0.15, -0.1) is 0 Å². The average Bonchev–Trinajstić information content (AvgIpc) is 2.81. The molecule has 0 aromatic heterocycles. The molecule has 1 aliphatic carbocycles. The highest BCUT2D eigenvalue weighted by Gasteiger charge is 2.49. The summed E-state index contributed by atoms with van der Waals surface area (Å²) in [6, 6.07) is 7.39. The van der Waals surface area contributed by atoms with Crippen LogP contribution in [0.5, 0.6) is 5.75 Å². The Balaban J connectivity index is 2.65. The van der Waals surface area contributed by atoms with Gasteiger partial charge in [-0.05, 0) is 90.7 Å². The smallest absolute Gasteiger partial charge is 0.181 e. The Labute approximate surface area is 210 Å². The van der Waals surface area contributed by atoms with E-state index in [1.54, 1.807) is 19.3 Å². The molecule has 1 aliphatic rings. The van der Waals surface area contributed by atoms with Crippen molar-refractivity contribution in [3.8, 4) is 5.75 Å². The van der Waals surface area contributed by atoms with E-state index >= 15 is 0 Å². The van der Waals surface area contributed by atoms with Crippen LogP contribution < -0.4 is 4.74 Å². The number of allylic oxidation sites excluding steroid dienone is 10. The van der Waals surface area contributed by atoms with Crippen molar-refractivity contribution in [2.75, 3.05) is 7.11 Å². The number of hydrogen-bond donors (Lipinski definition) is 1. The summed E-state index contributed by atoms with van der Waals surface area (Å²) in [4.78, 5) is 27.7. The number of Topliss-reactive ketones (excluding diaryl/α,β-unsaturated/α-hetero) is 2. The third kappa shape index (κ3) is 7.29. The fourth-order valence-corrected chi connectivity index (χ4v) is 3.82. The lowest BCUT2D eigenvalue weighted by molar-refractivity contribution is -0.136. The van der Waals surface area contributed by atoms with Gasteiger partial charge in [-0.2, -0.15) is 0 Å². The highest BCUT2D eigenvalue weighted by Crippen LogP contribution is 2.42. The molecule has 0 fully saturated rings. The van der Waals surface area contributed by atoms with Gasteiger partial charge >= 0.3 is 0 Å². The first-order valence-electron chi connectivity index (χ1n) is 12.0. The largest absolute Gasteiger partial charge is 0.507 e. The van der Waals surface area contributed by atoms with E-state index in [4.69, 9.17) is 4.74 Å². The molecule has 0 saturated heterocycles. The summed E-state index contributed by atoms with van der Waals surface area (Å²) >= 11 is 0. The molecule has 0 unspecified atom stereocenters. The van der Waals surface area contributed by atoms with Crippen LogP contribution in [0.3, 0.4) is 0 Å². The molecule has 0 heterocycles. The molecule has 0 amide bonds. The van der Waals surface area contributed by atoms with E-state index in [9.17, 15) is 14.7 Å². The lowest BCUT2D eigenvalue weighted by Gasteiger charge is -2.34. The van der Waals surface area contributed by atoms with Crippen molar-refractivity contribution >= 4 is 17.6 Å². The van der Waals surface area contributed by atoms with Crippen LogP contribution in [0.4, 0.5) is 0 Å². The Bertz CT molecular complexity index is 1100. The van der Waals surface area contributed by atoms with E-state index in [1.165, 1.54) is 6.08 Å². The second-order valence-corrected chi connectivity index (χ2v) is 9.77. The summed E-state index contributed by atoms with van der Waals surface area (Å²) < 4.78 is 5.19. The van der Waals surface area contributed by atoms with Gasteiger partial charge in [-0.1, -0.05) is 53.2 Å². The molecule has 2 rings (SSSR count). The standard InChI is InChI=1S/C31H38O4/c1-21(2)8-12-25-20-27(28(32)15-11-24-9-13-26(35-7)14-10-24)30(34)31(29(25)33,18-16-22(3)4)19-17-23(5)6/h8-11,13-17,20,32H,12,18-19H2,1-7H3/b15-11+,28-27+. The van der Waals surface area contributed by atoms with E-state index in [0.29, 0.717) is 24.8 Å². The molecule has 4 nitrogen and oxygen atoms in total. The van der Waals surface area contributed by atoms with Crippen LogP contribution in [-0.2, 0) is 9.59 Å². The summed E-state index contributed by atoms with van der Waals surface area (Å²) in [6.07, 6.45) is 11.7. The maximum absolute atomic E-state index is 13.9. The number of hydrogen-bond acceptors (Lipinski definition) is 4. The average molecular weight is 475 g/mol. The van der Waals surface area contributed by atoms with E-state index in [0.717, 1.165) is 28.0 Å². The van der Waals surface area contributed by atoms with Crippen molar-refractivity contribution in [2.45, 2.75) is 60.8 Å². The number of ether oxygens (including phenoxy) is 1. The van der Waals surface area contributed by atoms with Gasteiger partial charge < -0.3 is 9.84 Å². The minimum Gasteiger partial charge on any atom is -0.507 e. The molecular weight excluding hydrogens is 436 g/mol. The first kappa shape index (κ1) is 27.8. The van der Waals surface area contributed by atoms with Crippen molar-refractivity contribution in [1.29, 1.82) is 0 Å². The minimum absolute atomic E-state index is 0.146. The van der Waals surface area contributed by atoms with E-state index in [2.05, 4.69) is 0 Å². The lowest BCUT2D eigenvalue weighted by atomic mass is 9.65. The molecule has 0 radical (unpaired) electrons. The Morgan fingerprint density at radius 2 is 1.40 bits per heavy atom. The van der Waals surface area contributed by atoms with Crippen molar-refractivity contribution in [2.24, 2.45) is 5.41 Å². The molecule has 0 atom stereocenters. The number of rotatable bonds is 9. The molecule has 0 saturated carbocycles. The number of methoxy groups -OCH3 is 1. The fourth-order valence-electron chi connectivity index (χ4n) is 3.82. The van der Waals surface area contributed by atoms with Crippen LogP contribution in [0.2, 0.25) is 0 Å². The van der Waals surface area contributed by atoms with Crippen molar-refractivity contribution < 1.29 is 19.4 Å². The molecule has 35 heavy (non-hydrogen) atoms. The van der Waals surface area contributed by atoms with E-state index < -0.39 is 5.41 Å². The van der Waals surface area contributed by atoms with Crippen molar-refractivity contribution in [3.05, 3.63) is 93.8 Å². The second kappa shape index (κ2) is 12.3. The van der Waals surface area contributed by atoms with Crippen molar-refractivity contribution in [3.63, 3.8) is 0 Å². The Morgan fingerprint density at radius 3 is 1.89 bits per heavy atom. The summed E-state index contributed by atoms with van der Waals surface area (Å²) in [5.74, 6) is 0.0914. The molecule has 1 aromatic rings. The molecule has 0 spiro atoms. The van der Waals surface area contributed by atoms with Crippen LogP contribution in [0, 0.1) is 5.41 Å². The highest BCUT2D eigenvalue weighted by atomic mass is 16.5. The molecule has 4 heteroatoms. The maximum atomic E-state index is 13.9. The van der Waals surface area contributed by atoms with Gasteiger partial charge in [0.2, 0.25) is 0 Å². The Morgan fingerprint density at radius 1 is 0.857 bits per heavy atom. The normalized spacial score (nSPS) is 16.5. The van der Waals surface area contributed by atoms with Crippen LogP contribution in [0.15, 0.2) is 88.3 Å². The maximum Gasteiger partial charge on any atom is 0.181 e. The molecule has 0 bridgehead atoms. The van der Waals surface area contributed by atoms with Gasteiger partial charge in [-0.25, -0.2) is 0 Å². The molecule has 0 aliphatic heterocycles. The van der Waals surface area contributed by atoms with Crippen LogP contribution in [-0.4, -0.2) is 23.8 Å². The van der Waals surface area contributed by atoms with Gasteiger partial charge in [0, 0.05) is 5.57 Å². The van der Waals surface area contributed by atoms with Crippen molar-refractivity contribution in [1.82, 2.24) is 0 Å². The predicted molar refractivity (Wildman–Crippen MR) is 144 cm³/mol. The third-order valence-electron chi connectivity index (χ3n) is 6.00. The van der Waals surface area contributed by atoms with Gasteiger partial charge in [0.15, 0.2) is 11.6 Å². The Kier molecular flexibility index (Phi) is 9.82. The number of aliphatic hydroxyl groups excluding tert-OH is 1. The van der Waals surface area contributed by atoms with Gasteiger partial charge in [-0.3, -0.25) is 9.59 Å². The van der Waals surface area contributed by atoms with Gasteiger partial charge in [0.25, 0.3) is 0 Å². The van der Waals surface area contributed by atoms with E-state index in [1.807, 2.05) is 84.0 Å². The molecular formula is C31H38O4. The van der Waals surface area contributed by atoms with Crippen LogP contribution in [0.1, 0.15) is 66.4 Å².